The number of nitrogens with one attached hydrogen (secondary N) is 1. The van der Waals surface area contributed by atoms with E-state index in [0.29, 0.717) is 23.6 Å². The van der Waals surface area contributed by atoms with E-state index < -0.39 is 0 Å². The van der Waals surface area contributed by atoms with Crippen LogP contribution in [0.2, 0.25) is 0 Å². The van der Waals surface area contributed by atoms with Crippen LogP contribution in [-0.2, 0) is 0 Å². The highest BCUT2D eigenvalue weighted by Crippen LogP contribution is 2.23. The zero-order valence-electron chi connectivity index (χ0n) is 13.5. The maximum atomic E-state index is 13.9. The highest BCUT2D eigenvalue weighted by atomic mass is 19.1. The molecule has 0 radical (unpaired) electrons. The number of nitrogens with zero attached hydrogens (tertiary/aromatic N) is 1. The summed E-state index contributed by atoms with van der Waals surface area (Å²) in [6.45, 7) is 4.24. The van der Waals surface area contributed by atoms with Crippen molar-refractivity contribution in [2.24, 2.45) is 0 Å². The van der Waals surface area contributed by atoms with E-state index in [-0.39, 0.29) is 17.9 Å². The quantitative estimate of drug-likeness (QED) is 0.885. The summed E-state index contributed by atoms with van der Waals surface area (Å²) >= 11 is 0. The van der Waals surface area contributed by atoms with E-state index in [0.717, 1.165) is 0 Å². The fourth-order valence-corrected chi connectivity index (χ4v) is 2.24. The van der Waals surface area contributed by atoms with Gasteiger partial charge in [-0.05, 0) is 32.0 Å². The van der Waals surface area contributed by atoms with Crippen molar-refractivity contribution < 1.29 is 13.9 Å². The van der Waals surface area contributed by atoms with E-state index in [1.165, 1.54) is 11.0 Å². The SMILES string of the molecule is CCOc1cccc(NC(=O)N(C)C(C)c2ccccc2F)c1. The van der Waals surface area contributed by atoms with E-state index in [9.17, 15) is 9.18 Å². The number of ether oxygens (including phenoxy) is 1. The van der Waals surface area contributed by atoms with Crippen molar-refractivity contribution in [3.05, 3.63) is 59.9 Å². The van der Waals surface area contributed by atoms with E-state index in [1.807, 2.05) is 13.0 Å². The first kappa shape index (κ1) is 16.8. The van der Waals surface area contributed by atoms with Crippen LogP contribution in [0.5, 0.6) is 5.75 Å². The van der Waals surface area contributed by atoms with Crippen LogP contribution in [0, 0.1) is 5.82 Å². The minimum Gasteiger partial charge on any atom is -0.494 e. The van der Waals surface area contributed by atoms with Gasteiger partial charge >= 0.3 is 6.03 Å². The summed E-state index contributed by atoms with van der Waals surface area (Å²) < 4.78 is 19.3. The molecule has 0 heterocycles. The molecule has 0 saturated heterocycles. The third kappa shape index (κ3) is 4.22. The predicted molar refractivity (Wildman–Crippen MR) is 89.2 cm³/mol. The molecule has 2 aromatic carbocycles. The summed E-state index contributed by atoms with van der Waals surface area (Å²) in [5, 5.41) is 2.80. The lowest BCUT2D eigenvalue weighted by Crippen LogP contribution is -2.34. The van der Waals surface area contributed by atoms with Crippen molar-refractivity contribution in [1.29, 1.82) is 0 Å². The van der Waals surface area contributed by atoms with Crippen molar-refractivity contribution in [2.75, 3.05) is 19.0 Å². The lowest BCUT2D eigenvalue weighted by atomic mass is 10.1. The molecule has 2 aromatic rings. The molecule has 2 rings (SSSR count). The van der Waals surface area contributed by atoms with Crippen molar-refractivity contribution in [2.45, 2.75) is 19.9 Å². The number of amides is 2. The molecule has 4 nitrogen and oxygen atoms in total. The molecular formula is C18H21FN2O2. The molecule has 1 atom stereocenters. The van der Waals surface area contributed by atoms with Crippen LogP contribution in [0.3, 0.4) is 0 Å². The molecular weight excluding hydrogens is 295 g/mol. The lowest BCUT2D eigenvalue weighted by molar-refractivity contribution is 0.207. The molecule has 5 heteroatoms. The van der Waals surface area contributed by atoms with Gasteiger partial charge in [0.2, 0.25) is 0 Å². The van der Waals surface area contributed by atoms with Crippen molar-refractivity contribution in [3.8, 4) is 5.75 Å². The van der Waals surface area contributed by atoms with E-state index in [2.05, 4.69) is 5.32 Å². The van der Waals surface area contributed by atoms with Crippen LogP contribution in [0.4, 0.5) is 14.9 Å². The fourth-order valence-electron chi connectivity index (χ4n) is 2.24. The largest absolute Gasteiger partial charge is 0.494 e. The Morgan fingerprint density at radius 1 is 1.26 bits per heavy atom. The van der Waals surface area contributed by atoms with Crippen molar-refractivity contribution >= 4 is 11.7 Å². The smallest absolute Gasteiger partial charge is 0.322 e. The van der Waals surface area contributed by atoms with Gasteiger partial charge in [0.05, 0.1) is 12.6 Å². The minimum atomic E-state index is -0.383. The molecule has 0 aliphatic carbocycles. The van der Waals surface area contributed by atoms with Gasteiger partial charge in [-0.1, -0.05) is 24.3 Å². The second-order valence-electron chi connectivity index (χ2n) is 5.20. The average Bonchev–Trinajstić information content (AvgIpc) is 2.54. The van der Waals surface area contributed by atoms with E-state index >= 15 is 0 Å². The van der Waals surface area contributed by atoms with Gasteiger partial charge in [-0.2, -0.15) is 0 Å². The summed E-state index contributed by atoms with van der Waals surface area (Å²) in [7, 11) is 1.64. The second kappa shape index (κ2) is 7.63. The van der Waals surface area contributed by atoms with Crippen molar-refractivity contribution in [3.63, 3.8) is 0 Å². The normalized spacial score (nSPS) is 11.7. The van der Waals surface area contributed by atoms with Crippen LogP contribution < -0.4 is 10.1 Å². The van der Waals surface area contributed by atoms with Gasteiger partial charge in [-0.3, -0.25) is 0 Å². The average molecular weight is 316 g/mol. The Hall–Kier alpha value is -2.56. The van der Waals surface area contributed by atoms with Gasteiger partial charge < -0.3 is 15.0 Å². The summed E-state index contributed by atoms with van der Waals surface area (Å²) in [6.07, 6.45) is 0. The first-order chi connectivity index (χ1) is 11.0. The van der Waals surface area contributed by atoms with Crippen LogP contribution in [0.15, 0.2) is 48.5 Å². The molecule has 0 bridgehead atoms. The molecule has 0 saturated carbocycles. The predicted octanol–water partition coefficient (Wildman–Crippen LogP) is 4.45. The van der Waals surface area contributed by atoms with Gasteiger partial charge in [0.25, 0.3) is 0 Å². The van der Waals surface area contributed by atoms with Crippen molar-refractivity contribution in [1.82, 2.24) is 4.90 Å². The summed E-state index contributed by atoms with van der Waals surface area (Å²) in [5.74, 6) is 0.369. The maximum Gasteiger partial charge on any atom is 0.322 e. The number of halogens is 1. The fraction of sp³-hybridized carbons (Fsp3) is 0.278. The monoisotopic (exact) mass is 316 g/mol. The summed E-state index contributed by atoms with van der Waals surface area (Å²) in [5.41, 5.74) is 1.11. The Balaban J connectivity index is 2.08. The number of anilines is 1. The molecule has 1 N–H and O–H groups in total. The van der Waals surface area contributed by atoms with Gasteiger partial charge in [0, 0.05) is 24.4 Å². The van der Waals surface area contributed by atoms with Gasteiger partial charge in [-0.25, -0.2) is 9.18 Å². The molecule has 0 spiro atoms. The van der Waals surface area contributed by atoms with E-state index in [1.54, 1.807) is 50.4 Å². The molecule has 23 heavy (non-hydrogen) atoms. The first-order valence-corrected chi connectivity index (χ1v) is 7.54. The molecule has 0 aliphatic heterocycles. The number of benzene rings is 2. The van der Waals surface area contributed by atoms with Crippen LogP contribution in [0.25, 0.3) is 0 Å². The second-order valence-corrected chi connectivity index (χ2v) is 5.20. The molecule has 122 valence electrons. The Labute approximate surface area is 135 Å². The number of hydrogen-bond acceptors (Lipinski definition) is 2. The Morgan fingerprint density at radius 2 is 2.00 bits per heavy atom. The lowest BCUT2D eigenvalue weighted by Gasteiger charge is -2.26. The molecule has 1 unspecified atom stereocenters. The minimum absolute atomic E-state index is 0.311. The number of carbonyl (C=O) groups is 1. The Morgan fingerprint density at radius 3 is 2.70 bits per heavy atom. The maximum absolute atomic E-state index is 13.9. The number of urea groups is 1. The molecule has 0 aliphatic rings. The third-order valence-electron chi connectivity index (χ3n) is 3.65. The molecule has 0 aromatic heterocycles. The van der Waals surface area contributed by atoms with Crippen LogP contribution in [0.1, 0.15) is 25.5 Å². The van der Waals surface area contributed by atoms with Gasteiger partial charge in [0.15, 0.2) is 0 Å². The topological polar surface area (TPSA) is 41.6 Å². The highest BCUT2D eigenvalue weighted by molar-refractivity contribution is 5.89. The first-order valence-electron chi connectivity index (χ1n) is 7.54. The highest BCUT2D eigenvalue weighted by Gasteiger charge is 2.20. The zero-order valence-corrected chi connectivity index (χ0v) is 13.5. The Bertz CT molecular complexity index is 676. The molecule has 2 amide bonds. The van der Waals surface area contributed by atoms with Gasteiger partial charge in [-0.15, -0.1) is 0 Å². The van der Waals surface area contributed by atoms with Crippen LogP contribution >= 0.6 is 0 Å². The summed E-state index contributed by atoms with van der Waals surface area (Å²) in [4.78, 5) is 13.8. The zero-order chi connectivity index (χ0) is 16.8. The Kier molecular flexibility index (Phi) is 5.57. The van der Waals surface area contributed by atoms with E-state index in [4.69, 9.17) is 4.74 Å². The summed E-state index contributed by atoms with van der Waals surface area (Å²) in [6, 6.07) is 12.9. The van der Waals surface area contributed by atoms with Gasteiger partial charge in [0.1, 0.15) is 11.6 Å². The number of hydrogen-bond donors (Lipinski definition) is 1. The number of carbonyl (C=O) groups excluding carboxylic acids is 1. The number of rotatable bonds is 5. The third-order valence-corrected chi connectivity index (χ3v) is 3.65. The van der Waals surface area contributed by atoms with Crippen LogP contribution in [-0.4, -0.2) is 24.6 Å². The molecule has 0 fully saturated rings. The standard InChI is InChI=1S/C18H21FN2O2/c1-4-23-15-9-7-8-14(12-15)20-18(22)21(3)13(2)16-10-5-6-11-17(16)19/h5-13H,4H2,1-3H3,(H,20,22).